The van der Waals surface area contributed by atoms with Crippen molar-refractivity contribution < 1.29 is 14.3 Å². The van der Waals surface area contributed by atoms with Gasteiger partial charge in [-0.25, -0.2) is 14.3 Å². The Morgan fingerprint density at radius 3 is 2.81 bits per heavy atom. The van der Waals surface area contributed by atoms with Crippen LogP contribution in [0.2, 0.25) is 0 Å². The summed E-state index contributed by atoms with van der Waals surface area (Å²) in [6.45, 7) is 7.75. The van der Waals surface area contributed by atoms with E-state index in [-0.39, 0.29) is 11.9 Å². The molecule has 3 aromatic rings. The van der Waals surface area contributed by atoms with E-state index in [0.29, 0.717) is 35.1 Å². The van der Waals surface area contributed by atoms with Gasteiger partial charge in [-0.3, -0.25) is 4.79 Å². The molecule has 0 aliphatic rings. The van der Waals surface area contributed by atoms with Gasteiger partial charge in [0.25, 0.3) is 5.78 Å². The molecule has 0 bridgehead atoms. The van der Waals surface area contributed by atoms with Crippen LogP contribution < -0.4 is 5.32 Å². The second kappa shape index (κ2) is 7.83. The Bertz CT molecular complexity index is 1010. The number of rotatable bonds is 6. The van der Waals surface area contributed by atoms with Gasteiger partial charge in [0.2, 0.25) is 5.91 Å². The van der Waals surface area contributed by atoms with Crippen LogP contribution in [-0.4, -0.2) is 38.1 Å². The van der Waals surface area contributed by atoms with Crippen molar-refractivity contribution in [1.29, 1.82) is 0 Å². The first kappa shape index (κ1) is 19.0. The Hall–Kier alpha value is -2.81. The minimum Gasteiger partial charge on any atom is -0.462 e. The Kier molecular flexibility index (Phi) is 5.50. The van der Waals surface area contributed by atoms with Crippen LogP contribution in [0.3, 0.4) is 0 Å². The van der Waals surface area contributed by atoms with Crippen LogP contribution in [0.25, 0.3) is 5.78 Å². The van der Waals surface area contributed by atoms with Gasteiger partial charge >= 0.3 is 5.97 Å². The number of hydrogen-bond acceptors (Lipinski definition) is 7. The lowest BCUT2D eigenvalue weighted by atomic mass is 10.1. The average molecular weight is 387 g/mol. The fourth-order valence-corrected chi connectivity index (χ4v) is 3.88. The number of aromatic nitrogens is 4. The highest BCUT2D eigenvalue weighted by molar-refractivity contribution is 7.18. The third-order valence-corrected chi connectivity index (χ3v) is 5.36. The normalized spacial score (nSPS) is 11.0. The monoisotopic (exact) mass is 387 g/mol. The number of thiophene rings is 1. The van der Waals surface area contributed by atoms with Gasteiger partial charge in [-0.15, -0.1) is 11.3 Å². The molecule has 27 heavy (non-hydrogen) atoms. The molecule has 0 atom stereocenters. The van der Waals surface area contributed by atoms with Gasteiger partial charge in [-0.1, -0.05) is 0 Å². The van der Waals surface area contributed by atoms with E-state index in [1.807, 2.05) is 20.8 Å². The molecule has 0 unspecified atom stereocenters. The van der Waals surface area contributed by atoms with Crippen molar-refractivity contribution in [1.82, 2.24) is 19.6 Å². The molecule has 0 aliphatic heterocycles. The Balaban J connectivity index is 1.67. The maximum atomic E-state index is 12.4. The SMILES string of the molecule is CCOC(=O)c1sc(NC(=O)CCc2c(C)nc3ncnn3c2C)cc1C. The molecule has 0 fully saturated rings. The molecule has 0 aliphatic carbocycles. The van der Waals surface area contributed by atoms with Gasteiger partial charge in [0.15, 0.2) is 0 Å². The predicted molar refractivity (Wildman–Crippen MR) is 102 cm³/mol. The molecule has 0 radical (unpaired) electrons. The Morgan fingerprint density at radius 1 is 1.30 bits per heavy atom. The van der Waals surface area contributed by atoms with Crippen molar-refractivity contribution in [2.75, 3.05) is 11.9 Å². The molecule has 1 amide bonds. The van der Waals surface area contributed by atoms with Gasteiger partial charge in [-0.05, 0) is 51.3 Å². The summed E-state index contributed by atoms with van der Waals surface area (Å²) in [6.07, 6.45) is 2.31. The first-order valence-electron chi connectivity index (χ1n) is 8.64. The fraction of sp³-hybridized carbons (Fsp3) is 0.389. The van der Waals surface area contributed by atoms with Gasteiger partial charge in [0.05, 0.1) is 11.6 Å². The molecule has 3 rings (SSSR count). The summed E-state index contributed by atoms with van der Waals surface area (Å²) in [7, 11) is 0. The zero-order valence-corrected chi connectivity index (χ0v) is 16.5. The standard InChI is InChI=1S/C18H21N5O3S/c1-5-26-17(25)16-10(2)8-15(27-16)22-14(24)7-6-13-11(3)21-18-19-9-20-23(18)12(13)4/h8-9H,5-7H2,1-4H3,(H,22,24). The molecule has 0 saturated heterocycles. The molecule has 3 heterocycles. The van der Waals surface area contributed by atoms with Crippen LogP contribution in [0, 0.1) is 20.8 Å². The van der Waals surface area contributed by atoms with E-state index in [1.165, 1.54) is 17.7 Å². The largest absolute Gasteiger partial charge is 0.462 e. The minimum absolute atomic E-state index is 0.121. The van der Waals surface area contributed by atoms with E-state index >= 15 is 0 Å². The number of amides is 1. The molecule has 1 N–H and O–H groups in total. The number of anilines is 1. The van der Waals surface area contributed by atoms with Crippen LogP contribution in [0.1, 0.15) is 45.5 Å². The summed E-state index contributed by atoms with van der Waals surface area (Å²) in [5.41, 5.74) is 3.55. The van der Waals surface area contributed by atoms with Crippen LogP contribution in [-0.2, 0) is 16.0 Å². The van der Waals surface area contributed by atoms with Crippen LogP contribution >= 0.6 is 11.3 Å². The number of ether oxygens (including phenoxy) is 1. The number of hydrogen-bond donors (Lipinski definition) is 1. The van der Waals surface area contributed by atoms with E-state index in [2.05, 4.69) is 20.4 Å². The Labute approximate surface area is 160 Å². The van der Waals surface area contributed by atoms with E-state index in [1.54, 1.807) is 17.5 Å². The number of nitrogens with zero attached hydrogens (tertiary/aromatic N) is 4. The molecule has 0 aromatic carbocycles. The zero-order chi connectivity index (χ0) is 19.6. The minimum atomic E-state index is -0.362. The highest BCUT2D eigenvalue weighted by Crippen LogP contribution is 2.27. The van der Waals surface area contributed by atoms with Crippen molar-refractivity contribution in [2.24, 2.45) is 0 Å². The third-order valence-electron chi connectivity index (χ3n) is 4.23. The van der Waals surface area contributed by atoms with Crippen molar-refractivity contribution in [3.05, 3.63) is 39.8 Å². The predicted octanol–water partition coefficient (Wildman–Crippen LogP) is 2.86. The van der Waals surface area contributed by atoms with Gasteiger partial charge in [0.1, 0.15) is 11.2 Å². The lowest BCUT2D eigenvalue weighted by Gasteiger charge is -2.10. The van der Waals surface area contributed by atoms with Gasteiger partial charge in [-0.2, -0.15) is 10.1 Å². The third kappa shape index (κ3) is 3.97. The molecule has 0 saturated carbocycles. The lowest BCUT2D eigenvalue weighted by Crippen LogP contribution is -2.13. The number of esters is 1. The summed E-state index contributed by atoms with van der Waals surface area (Å²) in [5, 5.41) is 7.66. The summed E-state index contributed by atoms with van der Waals surface area (Å²) in [5.74, 6) is 0.0712. The summed E-state index contributed by atoms with van der Waals surface area (Å²) >= 11 is 1.23. The molecular weight excluding hydrogens is 366 g/mol. The molecule has 142 valence electrons. The fourth-order valence-electron chi connectivity index (χ4n) is 2.90. The maximum Gasteiger partial charge on any atom is 0.348 e. The average Bonchev–Trinajstić information content (AvgIpc) is 3.21. The van der Waals surface area contributed by atoms with E-state index in [0.717, 1.165) is 22.5 Å². The quantitative estimate of drug-likeness (QED) is 0.653. The van der Waals surface area contributed by atoms with Gasteiger partial charge < -0.3 is 10.1 Å². The van der Waals surface area contributed by atoms with Crippen molar-refractivity contribution in [2.45, 2.75) is 40.5 Å². The van der Waals surface area contributed by atoms with E-state index in [4.69, 9.17) is 4.74 Å². The van der Waals surface area contributed by atoms with Crippen LogP contribution in [0.5, 0.6) is 0 Å². The highest BCUT2D eigenvalue weighted by Gasteiger charge is 2.17. The number of carbonyl (C=O) groups is 2. The van der Waals surface area contributed by atoms with Crippen LogP contribution in [0.15, 0.2) is 12.4 Å². The first-order chi connectivity index (χ1) is 12.9. The molecule has 0 spiro atoms. The van der Waals surface area contributed by atoms with Crippen molar-refractivity contribution in [3.63, 3.8) is 0 Å². The summed E-state index contributed by atoms with van der Waals surface area (Å²) in [4.78, 5) is 33.3. The van der Waals surface area contributed by atoms with Crippen molar-refractivity contribution >= 4 is 34.0 Å². The molecular formula is C18H21N5O3S. The van der Waals surface area contributed by atoms with Crippen molar-refractivity contribution in [3.8, 4) is 0 Å². The zero-order valence-electron chi connectivity index (χ0n) is 15.7. The number of carbonyl (C=O) groups excluding carboxylic acids is 2. The highest BCUT2D eigenvalue weighted by atomic mass is 32.1. The number of nitrogens with one attached hydrogen (secondary N) is 1. The second-order valence-electron chi connectivity index (χ2n) is 6.12. The van der Waals surface area contributed by atoms with Crippen LogP contribution in [0.4, 0.5) is 5.00 Å². The number of fused-ring (bicyclic) bond motifs is 1. The number of aryl methyl sites for hydroxylation is 3. The summed E-state index contributed by atoms with van der Waals surface area (Å²) in [6, 6.07) is 1.79. The molecule has 8 nitrogen and oxygen atoms in total. The van der Waals surface area contributed by atoms with Gasteiger partial charge in [0, 0.05) is 17.8 Å². The molecule has 3 aromatic heterocycles. The summed E-state index contributed by atoms with van der Waals surface area (Å²) < 4.78 is 6.70. The topological polar surface area (TPSA) is 98.5 Å². The first-order valence-corrected chi connectivity index (χ1v) is 9.45. The van der Waals surface area contributed by atoms with E-state index in [9.17, 15) is 9.59 Å². The van der Waals surface area contributed by atoms with E-state index < -0.39 is 0 Å². The maximum absolute atomic E-state index is 12.4. The second-order valence-corrected chi connectivity index (χ2v) is 7.18. The Morgan fingerprint density at radius 2 is 2.07 bits per heavy atom. The molecule has 9 heteroatoms. The smallest absolute Gasteiger partial charge is 0.348 e. The lowest BCUT2D eigenvalue weighted by molar-refractivity contribution is -0.116.